The third kappa shape index (κ3) is 3.54. The molecule has 0 spiro atoms. The summed E-state index contributed by atoms with van der Waals surface area (Å²) in [4.78, 5) is 16.2. The molecule has 0 aliphatic carbocycles. The fourth-order valence-corrected chi connectivity index (χ4v) is 2.24. The van der Waals surface area contributed by atoms with E-state index in [0.29, 0.717) is 13.1 Å². The van der Waals surface area contributed by atoms with Crippen LogP contribution in [0.3, 0.4) is 0 Å². The Hall–Kier alpha value is -1.94. The summed E-state index contributed by atoms with van der Waals surface area (Å²) in [5.41, 5.74) is 7.64. The zero-order chi connectivity index (χ0) is 14.4. The van der Waals surface area contributed by atoms with Gasteiger partial charge in [-0.1, -0.05) is 31.2 Å². The van der Waals surface area contributed by atoms with E-state index < -0.39 is 0 Å². The Bertz CT molecular complexity index is 577. The van der Waals surface area contributed by atoms with Crippen molar-refractivity contribution >= 4 is 16.8 Å². The van der Waals surface area contributed by atoms with Gasteiger partial charge in [0.2, 0.25) is 5.91 Å². The summed E-state index contributed by atoms with van der Waals surface area (Å²) in [7, 11) is 0. The maximum Gasteiger partial charge on any atom is 0.222 e. The molecule has 0 aliphatic heterocycles. The second-order valence-electron chi connectivity index (χ2n) is 5.01. The maximum absolute atomic E-state index is 11.8. The van der Waals surface area contributed by atoms with Gasteiger partial charge in [0.05, 0.1) is 5.52 Å². The van der Waals surface area contributed by atoms with Crippen molar-refractivity contribution in [1.29, 1.82) is 0 Å². The Kier molecular flexibility index (Phi) is 5.07. The number of nitrogens with two attached hydrogens (primary N) is 1. The number of fused-ring (bicyclic) bond motifs is 1. The molecule has 1 aromatic heterocycles. The van der Waals surface area contributed by atoms with Crippen molar-refractivity contribution in [2.45, 2.75) is 19.8 Å². The number of pyridine rings is 1. The number of carbonyl (C=O) groups is 1. The van der Waals surface area contributed by atoms with E-state index in [4.69, 9.17) is 5.73 Å². The first kappa shape index (κ1) is 14.5. The predicted molar refractivity (Wildman–Crippen MR) is 81.3 cm³/mol. The average molecular weight is 271 g/mol. The van der Waals surface area contributed by atoms with E-state index in [1.54, 1.807) is 6.20 Å². The topological polar surface area (TPSA) is 68.0 Å². The third-order valence-corrected chi connectivity index (χ3v) is 3.46. The number of amides is 1. The minimum Gasteiger partial charge on any atom is -0.356 e. The maximum atomic E-state index is 11.8. The van der Waals surface area contributed by atoms with E-state index in [1.165, 1.54) is 0 Å². The Labute approximate surface area is 119 Å². The Morgan fingerprint density at radius 1 is 1.35 bits per heavy atom. The molecule has 0 fully saturated rings. The predicted octanol–water partition coefficient (Wildman–Crippen LogP) is 1.88. The zero-order valence-corrected chi connectivity index (χ0v) is 11.8. The minimum atomic E-state index is -0.0226. The lowest BCUT2D eigenvalue weighted by molar-refractivity contribution is -0.124. The van der Waals surface area contributed by atoms with E-state index in [-0.39, 0.29) is 11.8 Å². The molecule has 106 valence electrons. The molecule has 4 heteroatoms. The van der Waals surface area contributed by atoms with E-state index in [1.807, 2.05) is 31.2 Å². The van der Waals surface area contributed by atoms with Gasteiger partial charge >= 0.3 is 0 Å². The minimum absolute atomic E-state index is 0.0226. The van der Waals surface area contributed by atoms with Crippen molar-refractivity contribution in [3.8, 4) is 0 Å². The van der Waals surface area contributed by atoms with Gasteiger partial charge in [-0.2, -0.15) is 0 Å². The fourth-order valence-electron chi connectivity index (χ4n) is 2.24. The first-order valence-corrected chi connectivity index (χ1v) is 7.02. The molecule has 0 bridgehead atoms. The smallest absolute Gasteiger partial charge is 0.222 e. The molecule has 0 radical (unpaired) electrons. The summed E-state index contributed by atoms with van der Waals surface area (Å²) < 4.78 is 0. The van der Waals surface area contributed by atoms with Crippen LogP contribution in [0.1, 0.15) is 18.9 Å². The zero-order valence-electron chi connectivity index (χ0n) is 11.8. The summed E-state index contributed by atoms with van der Waals surface area (Å²) >= 11 is 0. The van der Waals surface area contributed by atoms with Gasteiger partial charge < -0.3 is 11.1 Å². The number of nitrogens with one attached hydrogen (secondary N) is 1. The quantitative estimate of drug-likeness (QED) is 0.843. The van der Waals surface area contributed by atoms with Crippen LogP contribution in [-0.4, -0.2) is 24.0 Å². The molecule has 0 saturated carbocycles. The number of benzene rings is 1. The molecule has 0 saturated heterocycles. The lowest BCUT2D eigenvalue weighted by Crippen LogP contribution is -2.31. The average Bonchev–Trinajstić information content (AvgIpc) is 2.47. The molecule has 1 amide bonds. The van der Waals surface area contributed by atoms with Crippen molar-refractivity contribution in [2.75, 3.05) is 13.1 Å². The highest BCUT2D eigenvalue weighted by Crippen LogP contribution is 2.16. The van der Waals surface area contributed by atoms with Gasteiger partial charge in [-0.05, 0) is 31.0 Å². The standard InChI is InChI=1S/C16H21N3O/c1-12(7-9-17)16(20)19-11-8-14-5-2-4-13-6-3-10-18-15(13)14/h2-6,10,12H,7-9,11,17H2,1H3,(H,19,20). The van der Waals surface area contributed by atoms with Crippen LogP contribution in [0.2, 0.25) is 0 Å². The van der Waals surface area contributed by atoms with Gasteiger partial charge in [-0.3, -0.25) is 9.78 Å². The van der Waals surface area contributed by atoms with Crippen molar-refractivity contribution in [3.63, 3.8) is 0 Å². The molecule has 1 aromatic carbocycles. The molecule has 1 unspecified atom stereocenters. The van der Waals surface area contributed by atoms with Crippen molar-refractivity contribution in [1.82, 2.24) is 10.3 Å². The van der Waals surface area contributed by atoms with E-state index >= 15 is 0 Å². The first-order valence-electron chi connectivity index (χ1n) is 7.02. The number of aromatic nitrogens is 1. The third-order valence-electron chi connectivity index (χ3n) is 3.46. The summed E-state index contributed by atoms with van der Waals surface area (Å²) in [6.07, 6.45) is 3.31. The lowest BCUT2D eigenvalue weighted by atomic mass is 10.1. The monoisotopic (exact) mass is 271 g/mol. The van der Waals surface area contributed by atoms with Crippen LogP contribution in [0.5, 0.6) is 0 Å². The van der Waals surface area contributed by atoms with E-state index in [0.717, 1.165) is 29.3 Å². The number of nitrogens with zero attached hydrogens (tertiary/aromatic N) is 1. The van der Waals surface area contributed by atoms with Gasteiger partial charge in [0.15, 0.2) is 0 Å². The molecular formula is C16H21N3O. The van der Waals surface area contributed by atoms with Gasteiger partial charge in [0.25, 0.3) is 0 Å². The van der Waals surface area contributed by atoms with E-state index in [9.17, 15) is 4.79 Å². The number of para-hydroxylation sites is 1. The molecular weight excluding hydrogens is 250 g/mol. The second kappa shape index (κ2) is 7.01. The number of hydrogen-bond acceptors (Lipinski definition) is 3. The normalized spacial score (nSPS) is 12.3. The number of hydrogen-bond donors (Lipinski definition) is 2. The van der Waals surface area contributed by atoms with Crippen molar-refractivity contribution in [2.24, 2.45) is 11.7 Å². The Morgan fingerprint density at radius 3 is 2.95 bits per heavy atom. The van der Waals surface area contributed by atoms with Crippen LogP contribution in [-0.2, 0) is 11.2 Å². The molecule has 1 heterocycles. The first-order chi connectivity index (χ1) is 9.72. The molecule has 1 atom stereocenters. The van der Waals surface area contributed by atoms with Crippen LogP contribution >= 0.6 is 0 Å². The van der Waals surface area contributed by atoms with Gasteiger partial charge in [0, 0.05) is 24.0 Å². The van der Waals surface area contributed by atoms with Crippen LogP contribution in [0, 0.1) is 5.92 Å². The van der Waals surface area contributed by atoms with Crippen LogP contribution in [0.4, 0.5) is 0 Å². The van der Waals surface area contributed by atoms with Gasteiger partial charge in [0.1, 0.15) is 0 Å². The summed E-state index contributed by atoms with van der Waals surface area (Å²) in [5.74, 6) is 0.0503. The largest absolute Gasteiger partial charge is 0.356 e. The lowest BCUT2D eigenvalue weighted by Gasteiger charge is -2.11. The number of rotatable bonds is 6. The molecule has 2 aromatic rings. The number of carbonyl (C=O) groups excluding carboxylic acids is 1. The Balaban J connectivity index is 1.95. The second-order valence-corrected chi connectivity index (χ2v) is 5.01. The van der Waals surface area contributed by atoms with Crippen LogP contribution in [0.25, 0.3) is 10.9 Å². The fraction of sp³-hybridized carbons (Fsp3) is 0.375. The molecule has 0 aliphatic rings. The summed E-state index contributed by atoms with van der Waals surface area (Å²) in [6.45, 7) is 3.08. The highest BCUT2D eigenvalue weighted by atomic mass is 16.1. The highest BCUT2D eigenvalue weighted by Gasteiger charge is 2.11. The van der Waals surface area contributed by atoms with Crippen molar-refractivity contribution in [3.05, 3.63) is 42.1 Å². The summed E-state index contributed by atoms with van der Waals surface area (Å²) in [5, 5.41) is 4.09. The molecule has 20 heavy (non-hydrogen) atoms. The van der Waals surface area contributed by atoms with Crippen LogP contribution < -0.4 is 11.1 Å². The molecule has 2 rings (SSSR count). The molecule has 3 N–H and O–H groups in total. The summed E-state index contributed by atoms with van der Waals surface area (Å²) in [6, 6.07) is 10.1. The SMILES string of the molecule is CC(CCN)C(=O)NCCc1cccc2cccnc12. The van der Waals surface area contributed by atoms with Crippen LogP contribution in [0.15, 0.2) is 36.5 Å². The Morgan fingerprint density at radius 2 is 2.15 bits per heavy atom. The molecule has 4 nitrogen and oxygen atoms in total. The van der Waals surface area contributed by atoms with E-state index in [2.05, 4.69) is 16.4 Å². The van der Waals surface area contributed by atoms with Gasteiger partial charge in [-0.25, -0.2) is 0 Å². The highest BCUT2D eigenvalue weighted by molar-refractivity contribution is 5.82. The van der Waals surface area contributed by atoms with Crippen molar-refractivity contribution < 1.29 is 4.79 Å². The van der Waals surface area contributed by atoms with Gasteiger partial charge in [-0.15, -0.1) is 0 Å².